The molecule has 0 saturated heterocycles. The first-order valence-electron chi connectivity index (χ1n) is 6.55. The standard InChI is InChI=1S/C16H20ClN/c1-4-18-16(11(2)3)14-9-10-15(17)13-8-6-5-7-12(13)14/h5-11,16,18H,4H2,1-3H3. The first-order chi connectivity index (χ1) is 8.65. The number of fused-ring (bicyclic) bond motifs is 1. The monoisotopic (exact) mass is 261 g/mol. The summed E-state index contributed by atoms with van der Waals surface area (Å²) in [6.07, 6.45) is 0. The lowest BCUT2D eigenvalue weighted by atomic mass is 9.91. The van der Waals surface area contributed by atoms with E-state index < -0.39 is 0 Å². The van der Waals surface area contributed by atoms with Gasteiger partial charge in [-0.05, 0) is 29.5 Å². The zero-order valence-corrected chi connectivity index (χ0v) is 12.0. The molecule has 1 N–H and O–H groups in total. The van der Waals surface area contributed by atoms with Gasteiger partial charge in [0.2, 0.25) is 0 Å². The van der Waals surface area contributed by atoms with Gasteiger partial charge in [0.05, 0.1) is 0 Å². The van der Waals surface area contributed by atoms with E-state index >= 15 is 0 Å². The third-order valence-electron chi connectivity index (χ3n) is 3.33. The van der Waals surface area contributed by atoms with E-state index in [1.54, 1.807) is 0 Å². The van der Waals surface area contributed by atoms with E-state index in [4.69, 9.17) is 11.6 Å². The van der Waals surface area contributed by atoms with Crippen LogP contribution < -0.4 is 5.32 Å². The summed E-state index contributed by atoms with van der Waals surface area (Å²) in [5, 5.41) is 6.79. The van der Waals surface area contributed by atoms with Crippen molar-refractivity contribution in [3.8, 4) is 0 Å². The molecule has 1 unspecified atom stereocenters. The highest BCUT2D eigenvalue weighted by Gasteiger charge is 2.17. The minimum atomic E-state index is 0.372. The Kier molecular flexibility index (Phi) is 4.26. The molecular weight excluding hydrogens is 242 g/mol. The van der Waals surface area contributed by atoms with Gasteiger partial charge in [-0.2, -0.15) is 0 Å². The maximum absolute atomic E-state index is 6.27. The fraction of sp³-hybridized carbons (Fsp3) is 0.375. The van der Waals surface area contributed by atoms with Crippen molar-refractivity contribution >= 4 is 22.4 Å². The topological polar surface area (TPSA) is 12.0 Å². The van der Waals surface area contributed by atoms with Crippen LogP contribution in [0, 0.1) is 5.92 Å². The summed E-state index contributed by atoms with van der Waals surface area (Å²) in [4.78, 5) is 0. The molecule has 0 amide bonds. The summed E-state index contributed by atoms with van der Waals surface area (Å²) in [7, 11) is 0. The quantitative estimate of drug-likeness (QED) is 0.834. The Bertz CT molecular complexity index is 534. The molecule has 2 heteroatoms. The number of hydrogen-bond acceptors (Lipinski definition) is 1. The van der Waals surface area contributed by atoms with Crippen molar-refractivity contribution in [1.82, 2.24) is 5.32 Å². The zero-order chi connectivity index (χ0) is 13.1. The molecule has 2 rings (SSSR count). The van der Waals surface area contributed by atoms with Gasteiger partial charge >= 0.3 is 0 Å². The van der Waals surface area contributed by atoms with Gasteiger partial charge in [-0.1, -0.05) is 62.7 Å². The smallest absolute Gasteiger partial charge is 0.0484 e. The lowest BCUT2D eigenvalue weighted by molar-refractivity contribution is 0.424. The fourth-order valence-electron chi connectivity index (χ4n) is 2.48. The Hall–Kier alpha value is -1.05. The minimum Gasteiger partial charge on any atom is -0.310 e. The van der Waals surface area contributed by atoms with E-state index in [0.717, 1.165) is 17.0 Å². The summed E-state index contributed by atoms with van der Waals surface area (Å²) >= 11 is 6.27. The molecule has 0 heterocycles. The van der Waals surface area contributed by atoms with E-state index in [-0.39, 0.29) is 0 Å². The van der Waals surface area contributed by atoms with E-state index in [1.807, 2.05) is 12.1 Å². The summed E-state index contributed by atoms with van der Waals surface area (Å²) in [5.74, 6) is 0.550. The van der Waals surface area contributed by atoms with Crippen LogP contribution in [-0.4, -0.2) is 6.54 Å². The third kappa shape index (κ3) is 2.52. The number of nitrogens with one attached hydrogen (secondary N) is 1. The van der Waals surface area contributed by atoms with Gasteiger partial charge in [-0.25, -0.2) is 0 Å². The Morgan fingerprint density at radius 3 is 2.33 bits per heavy atom. The van der Waals surface area contributed by atoms with E-state index in [9.17, 15) is 0 Å². The van der Waals surface area contributed by atoms with Crippen molar-refractivity contribution in [3.63, 3.8) is 0 Å². The molecule has 0 spiro atoms. The Morgan fingerprint density at radius 2 is 1.72 bits per heavy atom. The van der Waals surface area contributed by atoms with Gasteiger partial charge in [-0.3, -0.25) is 0 Å². The predicted octanol–water partition coefficient (Wildman–Crippen LogP) is 4.80. The number of benzene rings is 2. The second kappa shape index (κ2) is 5.73. The van der Waals surface area contributed by atoms with Crippen LogP contribution in [0.3, 0.4) is 0 Å². The molecule has 1 nitrogen and oxygen atoms in total. The average Bonchev–Trinajstić information content (AvgIpc) is 2.37. The van der Waals surface area contributed by atoms with E-state index in [0.29, 0.717) is 12.0 Å². The first-order valence-corrected chi connectivity index (χ1v) is 6.93. The number of halogens is 1. The van der Waals surface area contributed by atoms with Crippen LogP contribution in [0.5, 0.6) is 0 Å². The van der Waals surface area contributed by atoms with Crippen molar-refractivity contribution in [1.29, 1.82) is 0 Å². The Morgan fingerprint density at radius 1 is 1.06 bits per heavy atom. The molecule has 0 saturated carbocycles. The molecule has 2 aromatic rings. The summed E-state index contributed by atoms with van der Waals surface area (Å²) < 4.78 is 0. The van der Waals surface area contributed by atoms with Gasteiger partial charge in [0.15, 0.2) is 0 Å². The minimum absolute atomic E-state index is 0.372. The Balaban J connectivity index is 2.59. The highest BCUT2D eigenvalue weighted by molar-refractivity contribution is 6.35. The molecule has 0 aromatic heterocycles. The van der Waals surface area contributed by atoms with Crippen LogP contribution in [0.15, 0.2) is 36.4 Å². The van der Waals surface area contributed by atoms with Crippen molar-refractivity contribution in [2.24, 2.45) is 5.92 Å². The third-order valence-corrected chi connectivity index (χ3v) is 3.66. The van der Waals surface area contributed by atoms with E-state index in [2.05, 4.69) is 50.4 Å². The van der Waals surface area contributed by atoms with Crippen LogP contribution in [0.2, 0.25) is 5.02 Å². The summed E-state index contributed by atoms with van der Waals surface area (Å²) in [6, 6.07) is 12.9. The molecule has 2 aromatic carbocycles. The second-order valence-electron chi connectivity index (χ2n) is 4.96. The SMILES string of the molecule is CCNC(c1ccc(Cl)c2ccccc12)C(C)C. The van der Waals surface area contributed by atoms with Gasteiger partial charge in [-0.15, -0.1) is 0 Å². The van der Waals surface area contributed by atoms with Gasteiger partial charge < -0.3 is 5.32 Å². The fourth-order valence-corrected chi connectivity index (χ4v) is 2.71. The van der Waals surface area contributed by atoms with Crippen molar-refractivity contribution in [2.45, 2.75) is 26.8 Å². The molecular formula is C16H20ClN. The lowest BCUT2D eigenvalue weighted by Gasteiger charge is -2.24. The molecule has 0 aliphatic rings. The molecule has 18 heavy (non-hydrogen) atoms. The van der Waals surface area contributed by atoms with Crippen LogP contribution >= 0.6 is 11.6 Å². The van der Waals surface area contributed by atoms with Crippen LogP contribution in [0.4, 0.5) is 0 Å². The summed E-state index contributed by atoms with van der Waals surface area (Å²) in [6.45, 7) is 7.61. The summed E-state index contributed by atoms with van der Waals surface area (Å²) in [5.41, 5.74) is 1.34. The van der Waals surface area contributed by atoms with Gasteiger partial charge in [0, 0.05) is 16.5 Å². The molecule has 0 fully saturated rings. The largest absolute Gasteiger partial charge is 0.310 e. The van der Waals surface area contributed by atoms with Crippen LogP contribution in [-0.2, 0) is 0 Å². The predicted molar refractivity (Wildman–Crippen MR) is 80.2 cm³/mol. The van der Waals surface area contributed by atoms with Crippen LogP contribution in [0.1, 0.15) is 32.4 Å². The second-order valence-corrected chi connectivity index (χ2v) is 5.37. The number of rotatable bonds is 4. The molecule has 96 valence electrons. The normalized spacial score (nSPS) is 13.2. The zero-order valence-electron chi connectivity index (χ0n) is 11.2. The van der Waals surface area contributed by atoms with Gasteiger partial charge in [0.25, 0.3) is 0 Å². The molecule has 0 bridgehead atoms. The van der Waals surface area contributed by atoms with Crippen molar-refractivity contribution in [3.05, 3.63) is 47.0 Å². The maximum atomic E-state index is 6.27. The highest BCUT2D eigenvalue weighted by atomic mass is 35.5. The van der Waals surface area contributed by atoms with Gasteiger partial charge in [0.1, 0.15) is 0 Å². The van der Waals surface area contributed by atoms with E-state index in [1.165, 1.54) is 10.9 Å². The first kappa shape index (κ1) is 13.4. The average molecular weight is 262 g/mol. The van der Waals surface area contributed by atoms with Crippen LogP contribution in [0.25, 0.3) is 10.8 Å². The molecule has 0 aliphatic carbocycles. The van der Waals surface area contributed by atoms with Crippen molar-refractivity contribution < 1.29 is 0 Å². The highest BCUT2D eigenvalue weighted by Crippen LogP contribution is 2.32. The molecule has 0 radical (unpaired) electrons. The molecule has 0 aliphatic heterocycles. The Labute approximate surface area is 114 Å². The molecule has 1 atom stereocenters. The lowest BCUT2D eigenvalue weighted by Crippen LogP contribution is -2.25. The van der Waals surface area contributed by atoms with Crippen molar-refractivity contribution in [2.75, 3.05) is 6.54 Å². The number of hydrogen-bond donors (Lipinski definition) is 1. The maximum Gasteiger partial charge on any atom is 0.0484 e.